The van der Waals surface area contributed by atoms with E-state index in [0.29, 0.717) is 17.2 Å². The van der Waals surface area contributed by atoms with Crippen molar-refractivity contribution in [2.45, 2.75) is 13.1 Å². The van der Waals surface area contributed by atoms with Gasteiger partial charge in [-0.15, -0.1) is 0 Å². The van der Waals surface area contributed by atoms with E-state index in [0.717, 1.165) is 0 Å². The van der Waals surface area contributed by atoms with Gasteiger partial charge in [0.05, 0.1) is 0 Å². The van der Waals surface area contributed by atoms with E-state index in [1.807, 2.05) is 0 Å². The van der Waals surface area contributed by atoms with Crippen LogP contribution in [0.25, 0.3) is 11.4 Å². The van der Waals surface area contributed by atoms with Crippen molar-refractivity contribution in [2.24, 2.45) is 0 Å². The molecule has 8 heteroatoms. The third-order valence-corrected chi connectivity index (χ3v) is 3.28. The number of alkyl halides is 3. The van der Waals surface area contributed by atoms with Gasteiger partial charge in [0.25, 0.3) is 0 Å². The van der Waals surface area contributed by atoms with Gasteiger partial charge in [-0.2, -0.15) is 18.2 Å². The highest BCUT2D eigenvalue weighted by Crippen LogP contribution is 2.32. The molecule has 0 saturated heterocycles. The van der Waals surface area contributed by atoms with Crippen LogP contribution in [0, 0.1) is 12.7 Å². The minimum absolute atomic E-state index is 0.147. The molecule has 0 radical (unpaired) electrons. The van der Waals surface area contributed by atoms with E-state index in [4.69, 9.17) is 4.74 Å². The summed E-state index contributed by atoms with van der Waals surface area (Å²) >= 11 is 0. The van der Waals surface area contributed by atoms with E-state index >= 15 is 0 Å². The summed E-state index contributed by atoms with van der Waals surface area (Å²) < 4.78 is 58.0. The highest BCUT2D eigenvalue weighted by molar-refractivity contribution is 5.54. The van der Waals surface area contributed by atoms with E-state index < -0.39 is 17.7 Å². The first-order valence-corrected chi connectivity index (χ1v) is 7.13. The molecule has 25 heavy (non-hydrogen) atoms. The first kappa shape index (κ1) is 16.8. The smallest absolute Gasteiger partial charge is 0.433 e. The fourth-order valence-electron chi connectivity index (χ4n) is 2.05. The zero-order valence-corrected chi connectivity index (χ0v) is 12.9. The molecule has 128 valence electrons. The molecule has 3 aromatic rings. The average Bonchev–Trinajstić information content (AvgIpc) is 2.58. The maximum absolute atomic E-state index is 13.3. The van der Waals surface area contributed by atoms with Crippen LogP contribution in [-0.2, 0) is 6.18 Å². The van der Waals surface area contributed by atoms with Crippen molar-refractivity contribution in [3.8, 4) is 23.0 Å². The van der Waals surface area contributed by atoms with Crippen LogP contribution in [0.15, 0.2) is 48.8 Å². The zero-order valence-electron chi connectivity index (χ0n) is 12.9. The molecule has 2 aromatic heterocycles. The van der Waals surface area contributed by atoms with E-state index in [-0.39, 0.29) is 17.5 Å². The fraction of sp³-hybridized carbons (Fsp3) is 0.118. The second-order valence-electron chi connectivity index (χ2n) is 5.16. The van der Waals surface area contributed by atoms with Gasteiger partial charge in [-0.1, -0.05) is 0 Å². The molecule has 0 fully saturated rings. The number of halogens is 4. The van der Waals surface area contributed by atoms with Crippen molar-refractivity contribution < 1.29 is 22.3 Å². The summed E-state index contributed by atoms with van der Waals surface area (Å²) in [5.41, 5.74) is -0.471. The average molecular weight is 349 g/mol. The number of nitrogens with zero attached hydrogens (tertiary/aromatic N) is 3. The minimum Gasteiger partial charge on any atom is -0.439 e. The third-order valence-electron chi connectivity index (χ3n) is 3.28. The van der Waals surface area contributed by atoms with Crippen molar-refractivity contribution in [3.05, 3.63) is 65.9 Å². The van der Waals surface area contributed by atoms with Crippen LogP contribution in [0.2, 0.25) is 0 Å². The van der Waals surface area contributed by atoms with Gasteiger partial charge in [-0.05, 0) is 42.8 Å². The van der Waals surface area contributed by atoms with Gasteiger partial charge in [-0.25, -0.2) is 9.37 Å². The van der Waals surface area contributed by atoms with Crippen molar-refractivity contribution in [2.75, 3.05) is 0 Å². The van der Waals surface area contributed by atoms with E-state index in [9.17, 15) is 17.6 Å². The molecule has 0 spiro atoms. The Morgan fingerprint density at radius 1 is 0.960 bits per heavy atom. The molecule has 4 nitrogen and oxygen atoms in total. The Morgan fingerprint density at radius 3 is 2.32 bits per heavy atom. The fourth-order valence-corrected chi connectivity index (χ4v) is 2.05. The standard InChI is InChI=1S/C17H11F4N3O/c1-10-8-12(2-3-13(10)18)25-15-9-14(17(19,20)21)23-16(24-15)11-4-6-22-7-5-11/h2-9H,1H3. The van der Waals surface area contributed by atoms with E-state index in [2.05, 4.69) is 15.0 Å². The summed E-state index contributed by atoms with van der Waals surface area (Å²) in [5, 5.41) is 0. The molecular formula is C17H11F4N3O. The van der Waals surface area contributed by atoms with Crippen molar-refractivity contribution >= 4 is 0 Å². The number of benzene rings is 1. The molecule has 0 saturated carbocycles. The Bertz CT molecular complexity index is 898. The van der Waals surface area contributed by atoms with Crippen molar-refractivity contribution in [3.63, 3.8) is 0 Å². The summed E-state index contributed by atoms with van der Waals surface area (Å²) in [5.74, 6) is -0.707. The lowest BCUT2D eigenvalue weighted by atomic mass is 10.2. The monoisotopic (exact) mass is 349 g/mol. The Balaban J connectivity index is 2.04. The Hall–Kier alpha value is -3.03. The number of ether oxygens (including phenoxy) is 1. The van der Waals surface area contributed by atoms with E-state index in [1.165, 1.54) is 49.6 Å². The molecule has 3 rings (SSSR count). The van der Waals surface area contributed by atoms with Crippen LogP contribution in [0.3, 0.4) is 0 Å². The molecular weight excluding hydrogens is 338 g/mol. The van der Waals surface area contributed by atoms with Crippen LogP contribution in [-0.4, -0.2) is 15.0 Å². The normalized spacial score (nSPS) is 11.4. The molecule has 0 unspecified atom stereocenters. The quantitative estimate of drug-likeness (QED) is 0.638. The SMILES string of the molecule is Cc1cc(Oc2cc(C(F)(F)F)nc(-c3ccncc3)n2)ccc1F. The van der Waals surface area contributed by atoms with Gasteiger partial charge < -0.3 is 4.74 Å². The molecule has 0 N–H and O–H groups in total. The highest BCUT2D eigenvalue weighted by Gasteiger charge is 2.34. The largest absolute Gasteiger partial charge is 0.439 e. The summed E-state index contributed by atoms with van der Waals surface area (Å²) in [6, 6.07) is 7.52. The van der Waals surface area contributed by atoms with Crippen LogP contribution in [0.4, 0.5) is 17.6 Å². The summed E-state index contributed by atoms with van der Waals surface area (Å²) in [4.78, 5) is 11.4. The summed E-state index contributed by atoms with van der Waals surface area (Å²) in [7, 11) is 0. The maximum atomic E-state index is 13.3. The minimum atomic E-state index is -4.67. The first-order chi connectivity index (χ1) is 11.8. The van der Waals surface area contributed by atoms with Crippen molar-refractivity contribution in [1.82, 2.24) is 15.0 Å². The summed E-state index contributed by atoms with van der Waals surface area (Å²) in [6.45, 7) is 1.52. The zero-order chi connectivity index (χ0) is 18.0. The third kappa shape index (κ3) is 3.90. The van der Waals surface area contributed by atoms with Crippen LogP contribution in [0.1, 0.15) is 11.3 Å². The number of aromatic nitrogens is 3. The lowest BCUT2D eigenvalue weighted by Crippen LogP contribution is -2.10. The number of aryl methyl sites for hydroxylation is 1. The predicted octanol–water partition coefficient (Wildman–Crippen LogP) is 4.80. The number of rotatable bonds is 3. The Kier molecular flexibility index (Phi) is 4.35. The van der Waals surface area contributed by atoms with Gasteiger partial charge >= 0.3 is 6.18 Å². The number of hydrogen-bond acceptors (Lipinski definition) is 4. The van der Waals surface area contributed by atoms with Crippen molar-refractivity contribution in [1.29, 1.82) is 0 Å². The second kappa shape index (κ2) is 6.46. The second-order valence-corrected chi connectivity index (χ2v) is 5.16. The number of hydrogen-bond donors (Lipinski definition) is 0. The molecule has 1 aromatic carbocycles. The maximum Gasteiger partial charge on any atom is 0.433 e. The molecule has 2 heterocycles. The van der Waals surface area contributed by atoms with Gasteiger partial charge in [0.2, 0.25) is 5.88 Å². The Morgan fingerprint density at radius 2 is 1.68 bits per heavy atom. The highest BCUT2D eigenvalue weighted by atomic mass is 19.4. The molecule has 0 aliphatic rings. The first-order valence-electron chi connectivity index (χ1n) is 7.13. The Labute approximate surface area is 140 Å². The topological polar surface area (TPSA) is 47.9 Å². The van der Waals surface area contributed by atoms with Gasteiger partial charge in [-0.3, -0.25) is 4.98 Å². The van der Waals surface area contributed by atoms with Crippen LogP contribution in [0.5, 0.6) is 11.6 Å². The van der Waals surface area contributed by atoms with Crippen LogP contribution < -0.4 is 4.74 Å². The molecule has 0 amide bonds. The predicted molar refractivity (Wildman–Crippen MR) is 81.5 cm³/mol. The molecule has 0 atom stereocenters. The summed E-state index contributed by atoms with van der Waals surface area (Å²) in [6.07, 6.45) is -1.83. The van der Waals surface area contributed by atoms with Gasteiger partial charge in [0, 0.05) is 24.0 Å². The van der Waals surface area contributed by atoms with Gasteiger partial charge in [0.15, 0.2) is 11.5 Å². The lowest BCUT2D eigenvalue weighted by molar-refractivity contribution is -0.141. The van der Waals surface area contributed by atoms with E-state index in [1.54, 1.807) is 0 Å². The van der Waals surface area contributed by atoms with Gasteiger partial charge in [0.1, 0.15) is 11.6 Å². The molecule has 0 aliphatic carbocycles. The lowest BCUT2D eigenvalue weighted by Gasteiger charge is -2.11. The van der Waals surface area contributed by atoms with Crippen LogP contribution >= 0.6 is 0 Å². The molecule has 0 aliphatic heterocycles. The number of pyridine rings is 1. The molecule has 0 bridgehead atoms.